The average Bonchev–Trinajstić information content (AvgIpc) is 2.83. The molecule has 0 radical (unpaired) electrons. The number of anilines is 1. The van der Waals surface area contributed by atoms with Crippen LogP contribution in [0.5, 0.6) is 0 Å². The van der Waals surface area contributed by atoms with Crippen LogP contribution >= 0.6 is 0 Å². The summed E-state index contributed by atoms with van der Waals surface area (Å²) in [5.41, 5.74) is -0.0311. The smallest absolute Gasteiger partial charge is 0.410 e. The summed E-state index contributed by atoms with van der Waals surface area (Å²) in [5, 5.41) is 0. The van der Waals surface area contributed by atoms with E-state index in [1.807, 2.05) is 56.0 Å². The van der Waals surface area contributed by atoms with Crippen molar-refractivity contribution in [3.8, 4) is 0 Å². The zero-order valence-electron chi connectivity index (χ0n) is 14.7. The fourth-order valence-corrected chi connectivity index (χ4v) is 3.67. The predicted octanol–water partition coefficient (Wildman–Crippen LogP) is 3.44. The van der Waals surface area contributed by atoms with Crippen LogP contribution in [0.4, 0.5) is 10.5 Å². The predicted molar refractivity (Wildman–Crippen MR) is 92.9 cm³/mol. The van der Waals surface area contributed by atoms with Crippen molar-refractivity contribution in [1.82, 2.24) is 4.90 Å². The van der Waals surface area contributed by atoms with E-state index >= 15 is 0 Å². The monoisotopic (exact) mass is 330 g/mol. The molecule has 2 aliphatic rings. The summed E-state index contributed by atoms with van der Waals surface area (Å²) in [7, 11) is 0. The van der Waals surface area contributed by atoms with Gasteiger partial charge in [-0.05, 0) is 52.2 Å². The molecule has 3 rings (SSSR count). The molecule has 5 nitrogen and oxygen atoms in total. The highest BCUT2D eigenvalue weighted by molar-refractivity contribution is 6.00. The van der Waals surface area contributed by atoms with E-state index in [9.17, 15) is 9.59 Å². The Morgan fingerprint density at radius 2 is 1.83 bits per heavy atom. The van der Waals surface area contributed by atoms with Crippen LogP contribution in [-0.4, -0.2) is 42.1 Å². The van der Waals surface area contributed by atoms with Gasteiger partial charge < -0.3 is 14.5 Å². The zero-order chi connectivity index (χ0) is 17.4. The van der Waals surface area contributed by atoms with Crippen LogP contribution in [-0.2, 0) is 9.53 Å². The van der Waals surface area contributed by atoms with Gasteiger partial charge in [-0.25, -0.2) is 4.79 Å². The van der Waals surface area contributed by atoms with Crippen LogP contribution in [0.1, 0.15) is 40.0 Å². The fourth-order valence-electron chi connectivity index (χ4n) is 3.67. The van der Waals surface area contributed by atoms with Crippen molar-refractivity contribution in [2.45, 2.75) is 45.6 Å². The van der Waals surface area contributed by atoms with E-state index in [-0.39, 0.29) is 12.0 Å². The summed E-state index contributed by atoms with van der Waals surface area (Å²) in [5.74, 6) is 0.141. The molecule has 2 fully saturated rings. The standard InChI is InChI=1S/C19H26N2O3/c1-18(2,3)24-17(23)20-12-7-10-19(14-20)11-13-21(16(19)22)15-8-5-4-6-9-15/h4-6,8-9H,7,10-14H2,1-3H3/t19-/m0/s1. The van der Waals surface area contributed by atoms with Gasteiger partial charge in [-0.15, -0.1) is 0 Å². The number of rotatable bonds is 1. The van der Waals surface area contributed by atoms with Crippen LogP contribution in [0.3, 0.4) is 0 Å². The SMILES string of the molecule is CC(C)(C)OC(=O)N1CCC[C@]2(CCN(c3ccccc3)C2=O)C1. The van der Waals surface area contributed by atoms with E-state index in [4.69, 9.17) is 4.74 Å². The highest BCUT2D eigenvalue weighted by atomic mass is 16.6. The van der Waals surface area contributed by atoms with E-state index in [2.05, 4.69) is 0 Å². The first-order chi connectivity index (χ1) is 11.3. The molecule has 5 heteroatoms. The molecule has 1 aromatic carbocycles. The van der Waals surface area contributed by atoms with Crippen molar-refractivity contribution in [3.63, 3.8) is 0 Å². The highest BCUT2D eigenvalue weighted by Gasteiger charge is 2.50. The summed E-state index contributed by atoms with van der Waals surface area (Å²) in [6, 6.07) is 9.77. The van der Waals surface area contributed by atoms with Gasteiger partial charge >= 0.3 is 6.09 Å². The molecule has 0 saturated carbocycles. The quantitative estimate of drug-likeness (QED) is 0.792. The first kappa shape index (κ1) is 16.8. The van der Waals surface area contributed by atoms with E-state index in [0.29, 0.717) is 19.6 Å². The van der Waals surface area contributed by atoms with Gasteiger partial charge in [-0.2, -0.15) is 0 Å². The number of ether oxygens (including phenoxy) is 1. The summed E-state index contributed by atoms with van der Waals surface area (Å²) >= 11 is 0. The Morgan fingerprint density at radius 1 is 1.12 bits per heavy atom. The Hall–Kier alpha value is -2.04. The normalized spacial score (nSPS) is 24.5. The lowest BCUT2D eigenvalue weighted by molar-refractivity contribution is -0.128. The molecule has 2 aliphatic heterocycles. The molecule has 2 heterocycles. The number of piperidine rings is 1. The minimum atomic E-state index is -0.516. The third-order valence-electron chi connectivity index (χ3n) is 4.81. The third-order valence-corrected chi connectivity index (χ3v) is 4.81. The molecule has 130 valence electrons. The summed E-state index contributed by atoms with van der Waals surface area (Å²) in [4.78, 5) is 29.0. The van der Waals surface area contributed by atoms with Gasteiger partial charge in [0.05, 0.1) is 5.41 Å². The van der Waals surface area contributed by atoms with Crippen molar-refractivity contribution in [2.75, 3.05) is 24.5 Å². The molecule has 24 heavy (non-hydrogen) atoms. The highest BCUT2D eigenvalue weighted by Crippen LogP contribution is 2.42. The number of carbonyl (C=O) groups is 2. The van der Waals surface area contributed by atoms with Gasteiger partial charge in [-0.3, -0.25) is 4.79 Å². The number of hydrogen-bond donors (Lipinski definition) is 0. The first-order valence-corrected chi connectivity index (χ1v) is 8.66. The van der Waals surface area contributed by atoms with E-state index in [1.54, 1.807) is 4.90 Å². The van der Waals surface area contributed by atoms with Gasteiger partial charge in [0.2, 0.25) is 5.91 Å². The van der Waals surface area contributed by atoms with Gasteiger partial charge in [0, 0.05) is 25.3 Å². The molecular weight excluding hydrogens is 304 g/mol. The minimum Gasteiger partial charge on any atom is -0.444 e. The van der Waals surface area contributed by atoms with Gasteiger partial charge in [-0.1, -0.05) is 18.2 Å². The molecule has 0 unspecified atom stereocenters. The topological polar surface area (TPSA) is 49.9 Å². The largest absolute Gasteiger partial charge is 0.444 e. The maximum atomic E-state index is 13.1. The number of carbonyl (C=O) groups excluding carboxylic acids is 2. The van der Waals surface area contributed by atoms with Crippen molar-refractivity contribution >= 4 is 17.7 Å². The maximum absolute atomic E-state index is 13.1. The van der Waals surface area contributed by atoms with Crippen molar-refractivity contribution in [3.05, 3.63) is 30.3 Å². The van der Waals surface area contributed by atoms with Gasteiger partial charge in [0.25, 0.3) is 0 Å². The first-order valence-electron chi connectivity index (χ1n) is 8.66. The number of nitrogens with zero attached hydrogens (tertiary/aromatic N) is 2. The third kappa shape index (κ3) is 3.25. The van der Waals surface area contributed by atoms with E-state index < -0.39 is 11.0 Å². The molecule has 0 N–H and O–H groups in total. The lowest BCUT2D eigenvalue weighted by atomic mass is 9.78. The average molecular weight is 330 g/mol. The number of likely N-dealkylation sites (tertiary alicyclic amines) is 1. The number of para-hydroxylation sites is 1. The molecule has 1 spiro atoms. The Balaban J connectivity index is 1.74. The van der Waals surface area contributed by atoms with E-state index in [0.717, 1.165) is 24.9 Å². The summed E-state index contributed by atoms with van der Waals surface area (Å²) < 4.78 is 5.49. The lowest BCUT2D eigenvalue weighted by Gasteiger charge is -2.39. The molecule has 0 aromatic heterocycles. The van der Waals surface area contributed by atoms with Crippen LogP contribution < -0.4 is 4.90 Å². The van der Waals surface area contributed by atoms with Crippen molar-refractivity contribution < 1.29 is 14.3 Å². The van der Waals surface area contributed by atoms with Crippen LogP contribution in [0.15, 0.2) is 30.3 Å². The minimum absolute atomic E-state index is 0.141. The Labute approximate surface area is 143 Å². The van der Waals surface area contributed by atoms with Crippen molar-refractivity contribution in [2.24, 2.45) is 5.41 Å². The molecule has 0 aliphatic carbocycles. The molecule has 2 amide bonds. The lowest BCUT2D eigenvalue weighted by Crippen LogP contribution is -2.51. The van der Waals surface area contributed by atoms with Gasteiger partial charge in [0.15, 0.2) is 0 Å². The Kier molecular flexibility index (Phi) is 4.28. The second-order valence-corrected chi connectivity index (χ2v) is 7.83. The second-order valence-electron chi connectivity index (χ2n) is 7.83. The zero-order valence-corrected chi connectivity index (χ0v) is 14.7. The molecule has 0 bridgehead atoms. The molecular formula is C19H26N2O3. The Morgan fingerprint density at radius 3 is 2.50 bits per heavy atom. The van der Waals surface area contributed by atoms with E-state index in [1.165, 1.54) is 0 Å². The summed E-state index contributed by atoms with van der Waals surface area (Å²) in [6.07, 6.45) is 2.16. The van der Waals surface area contributed by atoms with Crippen molar-refractivity contribution in [1.29, 1.82) is 0 Å². The summed E-state index contributed by atoms with van der Waals surface area (Å²) in [6.45, 7) is 7.43. The molecule has 1 aromatic rings. The van der Waals surface area contributed by atoms with Crippen LogP contribution in [0.25, 0.3) is 0 Å². The number of amides is 2. The second kappa shape index (κ2) is 6.11. The van der Waals surface area contributed by atoms with Crippen LogP contribution in [0, 0.1) is 5.41 Å². The number of benzene rings is 1. The van der Waals surface area contributed by atoms with Crippen LogP contribution in [0.2, 0.25) is 0 Å². The fraction of sp³-hybridized carbons (Fsp3) is 0.579. The van der Waals surface area contributed by atoms with Gasteiger partial charge in [0.1, 0.15) is 5.60 Å². The maximum Gasteiger partial charge on any atom is 0.410 e. The molecule has 2 saturated heterocycles. The molecule has 1 atom stereocenters. The number of hydrogen-bond acceptors (Lipinski definition) is 3. The Bertz CT molecular complexity index is 623.